The molecular weight excluding hydrogens is 73.1 g/mol. The van der Waals surface area contributed by atoms with Crippen molar-refractivity contribution in [2.24, 2.45) is 0 Å². The van der Waals surface area contributed by atoms with Gasteiger partial charge in [0.05, 0.1) is 0 Å². The van der Waals surface area contributed by atoms with Crippen molar-refractivity contribution < 1.29 is 0 Å². The van der Waals surface area contributed by atoms with Crippen molar-refractivity contribution in [2.45, 2.75) is 26.2 Å². The number of hydrogen-bond donors (Lipinski definition) is 0. The van der Waals surface area contributed by atoms with Crippen LogP contribution in [0.3, 0.4) is 0 Å². The van der Waals surface area contributed by atoms with Crippen LogP contribution in [0.4, 0.5) is 0 Å². The Hall–Kier alpha value is -0.260. The first-order valence-corrected chi connectivity index (χ1v) is 2.52. The molecule has 0 N–H and O–H groups in total. The molecule has 0 nitrogen and oxygen atoms in total. The number of unbranched alkanes of at least 4 members (excludes halogenated alkanes) is 2. The highest BCUT2D eigenvalue weighted by Crippen LogP contribution is 1.91. The average molecular weight is 85.2 g/mol. The van der Waals surface area contributed by atoms with Gasteiger partial charge in [0.15, 0.2) is 0 Å². The van der Waals surface area contributed by atoms with Gasteiger partial charge < -0.3 is 0 Å². The van der Waals surface area contributed by atoms with E-state index in [2.05, 4.69) is 13.5 Å². The van der Waals surface area contributed by atoms with Crippen LogP contribution in [-0.2, 0) is 0 Å². The molecule has 0 aromatic carbocycles. The van der Waals surface area contributed by atoms with Gasteiger partial charge in [-0.25, -0.2) is 0 Å². The molecule has 0 heterocycles. The molecule has 0 radical (unpaired) electrons. The van der Waals surface area contributed by atoms with Crippen molar-refractivity contribution in [2.75, 3.05) is 0 Å². The summed E-state index contributed by atoms with van der Waals surface area (Å²) in [5, 5.41) is 0. The molecule has 6 heavy (non-hydrogen) atoms. The molecule has 0 aromatic heterocycles. The van der Waals surface area contributed by atoms with Gasteiger partial charge in [0.2, 0.25) is 0 Å². The van der Waals surface area contributed by atoms with E-state index in [4.69, 9.17) is 0 Å². The van der Waals surface area contributed by atoms with E-state index in [-0.39, 0.29) is 0 Å². The SMILES string of the molecule is CCCCC=[13CH2]. The summed E-state index contributed by atoms with van der Waals surface area (Å²) in [6.45, 7) is 5.78. The lowest BCUT2D eigenvalue weighted by Crippen LogP contribution is -1.61. The number of hydrogen-bond acceptors (Lipinski definition) is 0. The highest BCUT2D eigenvalue weighted by atomic mass is 13.8. The second-order valence-electron chi connectivity index (χ2n) is 1.43. The molecule has 0 spiro atoms. The summed E-state index contributed by atoms with van der Waals surface area (Å²) in [5.41, 5.74) is 0. The van der Waals surface area contributed by atoms with Crippen molar-refractivity contribution in [3.05, 3.63) is 12.7 Å². The lowest BCUT2D eigenvalue weighted by molar-refractivity contribution is 0.816. The Bertz CT molecular complexity index is 29.0. The van der Waals surface area contributed by atoms with Crippen molar-refractivity contribution >= 4 is 0 Å². The van der Waals surface area contributed by atoms with Crippen LogP contribution in [0.15, 0.2) is 12.7 Å². The maximum atomic E-state index is 3.60. The van der Waals surface area contributed by atoms with Crippen LogP contribution in [0.25, 0.3) is 0 Å². The quantitative estimate of drug-likeness (QED) is 0.280. The lowest BCUT2D eigenvalue weighted by Gasteiger charge is -1.81. The van der Waals surface area contributed by atoms with Crippen molar-refractivity contribution in [1.29, 1.82) is 0 Å². The van der Waals surface area contributed by atoms with Crippen LogP contribution in [0.2, 0.25) is 0 Å². The van der Waals surface area contributed by atoms with E-state index in [0.717, 1.165) is 0 Å². The minimum absolute atomic E-state index is 1.18. The van der Waals surface area contributed by atoms with Crippen LogP contribution in [0.1, 0.15) is 26.2 Å². The first kappa shape index (κ1) is 5.74. The zero-order chi connectivity index (χ0) is 4.83. The van der Waals surface area contributed by atoms with Gasteiger partial charge in [-0.05, 0) is 6.42 Å². The zero-order valence-electron chi connectivity index (χ0n) is 4.41. The Kier molecular flexibility index (Phi) is 4.53. The first-order chi connectivity index (χ1) is 2.91. The number of allylic oxidation sites excluding steroid dienone is 1. The second-order valence-corrected chi connectivity index (χ2v) is 1.43. The predicted molar refractivity (Wildman–Crippen MR) is 29.7 cm³/mol. The van der Waals surface area contributed by atoms with E-state index in [9.17, 15) is 0 Å². The fourth-order valence-corrected chi connectivity index (χ4v) is 0.348. The van der Waals surface area contributed by atoms with Gasteiger partial charge in [0.25, 0.3) is 0 Å². The van der Waals surface area contributed by atoms with Crippen LogP contribution in [0, 0.1) is 0 Å². The summed E-state index contributed by atoms with van der Waals surface area (Å²) in [5.74, 6) is 0. The molecule has 0 amide bonds. The summed E-state index contributed by atoms with van der Waals surface area (Å²) < 4.78 is 0. The van der Waals surface area contributed by atoms with Gasteiger partial charge in [-0.2, -0.15) is 0 Å². The molecule has 0 fully saturated rings. The van der Waals surface area contributed by atoms with Gasteiger partial charge in [-0.3, -0.25) is 0 Å². The van der Waals surface area contributed by atoms with Crippen molar-refractivity contribution in [1.82, 2.24) is 0 Å². The normalized spacial score (nSPS) is 8.17. The molecule has 0 bridgehead atoms. The molecule has 0 aliphatic rings. The maximum Gasteiger partial charge on any atom is -0.0354 e. The van der Waals surface area contributed by atoms with Crippen LogP contribution < -0.4 is 0 Å². The summed E-state index contributed by atoms with van der Waals surface area (Å²) in [7, 11) is 0. The predicted octanol–water partition coefficient (Wildman–Crippen LogP) is 2.36. The minimum atomic E-state index is 1.18. The Morgan fingerprint density at radius 2 is 2.33 bits per heavy atom. The molecule has 0 atom stereocenters. The highest BCUT2D eigenvalue weighted by Gasteiger charge is 1.71. The van der Waals surface area contributed by atoms with Crippen LogP contribution >= 0.6 is 0 Å². The zero-order valence-corrected chi connectivity index (χ0v) is 4.41. The molecular formula is C6H12. The van der Waals surface area contributed by atoms with Gasteiger partial charge in [-0.1, -0.05) is 25.8 Å². The van der Waals surface area contributed by atoms with E-state index < -0.39 is 0 Å². The first-order valence-electron chi connectivity index (χ1n) is 2.52. The Morgan fingerprint density at radius 3 is 2.50 bits per heavy atom. The maximum absolute atomic E-state index is 3.60. The fraction of sp³-hybridized carbons (Fsp3) is 0.667. The largest absolute Gasteiger partial charge is 0.103 e. The highest BCUT2D eigenvalue weighted by molar-refractivity contribution is 4.64. The molecule has 0 aliphatic heterocycles. The van der Waals surface area contributed by atoms with Crippen LogP contribution in [0.5, 0.6) is 0 Å². The summed E-state index contributed by atoms with van der Waals surface area (Å²) in [6, 6.07) is 0. The third-order valence-corrected chi connectivity index (χ3v) is 0.762. The van der Waals surface area contributed by atoms with Gasteiger partial charge >= 0.3 is 0 Å². The van der Waals surface area contributed by atoms with E-state index in [0.29, 0.717) is 0 Å². The standard InChI is InChI=1S/C6H12/c1-3-5-6-4-2/h3H,1,4-6H2,2H3/i1+1. The molecule has 36 valence electrons. The summed E-state index contributed by atoms with van der Waals surface area (Å²) in [4.78, 5) is 0. The van der Waals surface area contributed by atoms with E-state index >= 15 is 0 Å². The Balaban J connectivity index is 2.49. The molecule has 0 saturated heterocycles. The smallest absolute Gasteiger partial charge is 0.0354 e. The molecule has 0 heteroatoms. The van der Waals surface area contributed by atoms with Gasteiger partial charge in [0, 0.05) is 0 Å². The van der Waals surface area contributed by atoms with Crippen molar-refractivity contribution in [3.63, 3.8) is 0 Å². The average Bonchev–Trinajstić information content (AvgIpc) is 1.61. The fourth-order valence-electron chi connectivity index (χ4n) is 0.348. The van der Waals surface area contributed by atoms with Crippen molar-refractivity contribution in [3.8, 4) is 0 Å². The third kappa shape index (κ3) is 3.74. The summed E-state index contributed by atoms with van der Waals surface area (Å²) >= 11 is 0. The Labute approximate surface area is 39.9 Å². The topological polar surface area (TPSA) is 0 Å². The number of rotatable bonds is 3. The van der Waals surface area contributed by atoms with E-state index in [1.54, 1.807) is 0 Å². The minimum Gasteiger partial charge on any atom is -0.103 e. The third-order valence-electron chi connectivity index (χ3n) is 0.762. The monoisotopic (exact) mass is 85.1 g/mol. The lowest BCUT2D eigenvalue weighted by atomic mass is 10.3. The molecule has 0 rings (SSSR count). The van der Waals surface area contributed by atoms with Gasteiger partial charge in [-0.15, -0.1) is 6.58 Å². The molecule has 0 saturated carbocycles. The van der Waals surface area contributed by atoms with Gasteiger partial charge in [0.1, 0.15) is 0 Å². The second kappa shape index (κ2) is 4.74. The van der Waals surface area contributed by atoms with E-state index in [1.165, 1.54) is 19.3 Å². The summed E-state index contributed by atoms with van der Waals surface area (Å²) in [6.07, 6.45) is 5.72. The molecule has 0 unspecified atom stereocenters. The van der Waals surface area contributed by atoms with E-state index in [1.807, 2.05) is 6.08 Å². The molecule has 0 aliphatic carbocycles. The van der Waals surface area contributed by atoms with Crippen LogP contribution in [-0.4, -0.2) is 0 Å². The Morgan fingerprint density at radius 1 is 1.67 bits per heavy atom. The molecule has 0 aromatic rings.